The fraction of sp³-hybridized carbons (Fsp3) is 0.481. The van der Waals surface area contributed by atoms with Crippen molar-refractivity contribution in [2.24, 2.45) is 5.41 Å². The third-order valence-electron chi connectivity index (χ3n) is 7.31. The maximum Gasteiger partial charge on any atom is 0.310 e. The number of rotatable bonds is 6. The van der Waals surface area contributed by atoms with Gasteiger partial charge in [-0.15, -0.1) is 0 Å². The number of benzene rings is 2. The molecule has 0 spiro atoms. The summed E-state index contributed by atoms with van der Waals surface area (Å²) in [6, 6.07) is 18.3. The largest absolute Gasteiger partial charge is 0.481 e. The number of para-hydroxylation sites is 1. The van der Waals surface area contributed by atoms with Crippen LogP contribution in [-0.4, -0.2) is 36.1 Å². The van der Waals surface area contributed by atoms with Gasteiger partial charge >= 0.3 is 5.97 Å². The maximum atomic E-state index is 13.7. The summed E-state index contributed by atoms with van der Waals surface area (Å²) in [7, 11) is 0. The lowest BCUT2D eigenvalue weighted by molar-refractivity contribution is -0.153. The van der Waals surface area contributed by atoms with E-state index in [0.29, 0.717) is 25.9 Å². The molecule has 1 N–H and O–H groups in total. The van der Waals surface area contributed by atoms with E-state index >= 15 is 0 Å². The number of piperidine rings is 1. The molecule has 1 amide bonds. The minimum atomic E-state index is -1.00. The first-order valence-corrected chi connectivity index (χ1v) is 11.9. The second-order valence-electron chi connectivity index (χ2n) is 9.48. The Hall–Kier alpha value is -2.82. The molecule has 2 aromatic carbocycles. The molecule has 170 valence electrons. The van der Waals surface area contributed by atoms with E-state index in [-0.39, 0.29) is 18.4 Å². The van der Waals surface area contributed by atoms with Crippen molar-refractivity contribution in [1.29, 1.82) is 0 Å². The van der Waals surface area contributed by atoms with Gasteiger partial charge in [0.15, 0.2) is 0 Å². The quantitative estimate of drug-likeness (QED) is 0.659. The van der Waals surface area contributed by atoms with Gasteiger partial charge in [0.05, 0.1) is 5.41 Å². The molecule has 5 nitrogen and oxygen atoms in total. The van der Waals surface area contributed by atoms with Crippen molar-refractivity contribution in [3.63, 3.8) is 0 Å². The van der Waals surface area contributed by atoms with Gasteiger partial charge in [0.2, 0.25) is 5.91 Å². The number of carboxylic acid groups (broad SMARTS) is 1. The second kappa shape index (κ2) is 9.76. The normalized spacial score (nSPS) is 18.8. The third-order valence-corrected chi connectivity index (χ3v) is 7.31. The molecular weight excluding hydrogens is 400 g/mol. The number of hydrogen-bond donors (Lipinski definition) is 1. The smallest absolute Gasteiger partial charge is 0.310 e. The number of anilines is 2. The first-order valence-electron chi connectivity index (χ1n) is 11.9. The molecule has 2 fully saturated rings. The molecule has 4 rings (SSSR count). The lowest BCUT2D eigenvalue weighted by atomic mass is 9.75. The molecule has 0 atom stereocenters. The van der Waals surface area contributed by atoms with Crippen LogP contribution in [0.15, 0.2) is 54.6 Å². The number of aryl methyl sites for hydroxylation is 1. The molecule has 1 saturated carbocycles. The molecule has 5 heteroatoms. The number of carbonyl (C=O) groups is 2. The van der Waals surface area contributed by atoms with Gasteiger partial charge in [0.25, 0.3) is 0 Å². The average Bonchev–Trinajstić information content (AvgIpc) is 2.82. The number of nitrogens with zero attached hydrogens (tertiary/aromatic N) is 2. The van der Waals surface area contributed by atoms with Crippen molar-refractivity contribution < 1.29 is 14.7 Å². The van der Waals surface area contributed by atoms with Crippen LogP contribution in [0.5, 0.6) is 0 Å². The van der Waals surface area contributed by atoms with Gasteiger partial charge in [-0.2, -0.15) is 0 Å². The molecule has 2 aromatic rings. The van der Waals surface area contributed by atoms with Crippen LogP contribution in [0.4, 0.5) is 11.4 Å². The van der Waals surface area contributed by atoms with Gasteiger partial charge in [0, 0.05) is 36.9 Å². The highest BCUT2D eigenvalue weighted by molar-refractivity contribution is 5.97. The van der Waals surface area contributed by atoms with Gasteiger partial charge in [-0.3, -0.25) is 9.59 Å². The molecule has 1 heterocycles. The van der Waals surface area contributed by atoms with Crippen LogP contribution >= 0.6 is 0 Å². The van der Waals surface area contributed by atoms with E-state index < -0.39 is 11.4 Å². The lowest BCUT2D eigenvalue weighted by Gasteiger charge is -2.41. The average molecular weight is 435 g/mol. The fourth-order valence-corrected chi connectivity index (χ4v) is 5.28. The van der Waals surface area contributed by atoms with Crippen molar-refractivity contribution in [2.75, 3.05) is 22.9 Å². The Kier molecular flexibility index (Phi) is 6.83. The first kappa shape index (κ1) is 22.4. The van der Waals surface area contributed by atoms with Gasteiger partial charge < -0.3 is 14.9 Å². The number of carboxylic acids is 1. The number of amides is 1. The minimum Gasteiger partial charge on any atom is -0.481 e. The Bertz CT molecular complexity index is 912. The number of carbonyl (C=O) groups excluding carboxylic acids is 1. The molecule has 0 unspecified atom stereocenters. The Balaban J connectivity index is 1.51. The van der Waals surface area contributed by atoms with Gasteiger partial charge in [-0.05, 0) is 56.9 Å². The zero-order chi connectivity index (χ0) is 22.6. The number of aliphatic carboxylic acids is 1. The minimum absolute atomic E-state index is 0.0470. The topological polar surface area (TPSA) is 60.9 Å². The Morgan fingerprint density at radius 1 is 0.969 bits per heavy atom. The first-order chi connectivity index (χ1) is 15.5. The zero-order valence-electron chi connectivity index (χ0n) is 19.0. The van der Waals surface area contributed by atoms with E-state index in [1.807, 2.05) is 35.2 Å². The highest BCUT2D eigenvalue weighted by Crippen LogP contribution is 2.39. The van der Waals surface area contributed by atoms with E-state index in [2.05, 4.69) is 36.1 Å². The fourth-order valence-electron chi connectivity index (χ4n) is 5.28. The summed E-state index contributed by atoms with van der Waals surface area (Å²) in [5.74, 6) is -0.889. The van der Waals surface area contributed by atoms with Crippen LogP contribution in [0.1, 0.15) is 56.9 Å². The highest BCUT2D eigenvalue weighted by Gasteiger charge is 2.45. The predicted molar refractivity (Wildman–Crippen MR) is 128 cm³/mol. The third kappa shape index (κ3) is 4.82. The summed E-state index contributed by atoms with van der Waals surface area (Å²) in [5, 5.41) is 10.2. The van der Waals surface area contributed by atoms with Crippen LogP contribution in [0.2, 0.25) is 0 Å². The van der Waals surface area contributed by atoms with Crippen molar-refractivity contribution in [3.05, 3.63) is 60.2 Å². The molecule has 0 aromatic heterocycles. The van der Waals surface area contributed by atoms with E-state index in [9.17, 15) is 14.7 Å². The Labute approximate surface area is 191 Å². The van der Waals surface area contributed by atoms with E-state index in [1.54, 1.807) is 0 Å². The zero-order valence-corrected chi connectivity index (χ0v) is 19.0. The maximum absolute atomic E-state index is 13.7. The second-order valence-corrected chi connectivity index (χ2v) is 9.48. The highest BCUT2D eigenvalue weighted by atomic mass is 16.4. The van der Waals surface area contributed by atoms with Crippen molar-refractivity contribution in [1.82, 2.24) is 0 Å². The summed E-state index contributed by atoms with van der Waals surface area (Å²) in [5.41, 5.74) is 2.22. The molecule has 0 radical (unpaired) electrons. The number of hydrogen-bond acceptors (Lipinski definition) is 3. The summed E-state index contributed by atoms with van der Waals surface area (Å²) < 4.78 is 0. The van der Waals surface area contributed by atoms with Crippen LogP contribution in [-0.2, 0) is 9.59 Å². The van der Waals surface area contributed by atoms with Crippen molar-refractivity contribution in [2.45, 2.75) is 64.3 Å². The summed E-state index contributed by atoms with van der Waals surface area (Å²) in [6.07, 6.45) is 6.46. The summed E-state index contributed by atoms with van der Waals surface area (Å²) >= 11 is 0. The van der Waals surface area contributed by atoms with E-state index in [4.69, 9.17) is 0 Å². The van der Waals surface area contributed by atoms with Crippen molar-refractivity contribution >= 4 is 23.3 Å². The molecular formula is C27H34N2O3. The Morgan fingerprint density at radius 2 is 1.59 bits per heavy atom. The SMILES string of the molecule is Cc1ccc(N2CCC(CC(=O)N(c3ccccc3)C3CCCCC3)(C(=O)O)CC2)cc1. The molecule has 32 heavy (non-hydrogen) atoms. The van der Waals surface area contributed by atoms with E-state index in [1.165, 1.54) is 12.0 Å². The lowest BCUT2D eigenvalue weighted by Crippen LogP contribution is -2.49. The van der Waals surface area contributed by atoms with Crippen molar-refractivity contribution in [3.8, 4) is 0 Å². The van der Waals surface area contributed by atoms with E-state index in [0.717, 1.165) is 37.1 Å². The summed E-state index contributed by atoms with van der Waals surface area (Å²) in [6.45, 7) is 3.36. The molecule has 2 aliphatic rings. The molecule has 0 bridgehead atoms. The van der Waals surface area contributed by atoms with Gasteiger partial charge in [0.1, 0.15) is 0 Å². The molecule has 1 saturated heterocycles. The van der Waals surface area contributed by atoms with Crippen LogP contribution < -0.4 is 9.80 Å². The Morgan fingerprint density at radius 3 is 2.19 bits per heavy atom. The van der Waals surface area contributed by atoms with Gasteiger partial charge in [-0.25, -0.2) is 0 Å². The molecule has 1 aliphatic heterocycles. The monoisotopic (exact) mass is 434 g/mol. The standard InChI is InChI=1S/C27H34N2O3/c1-21-12-14-22(15-13-21)28-18-16-27(17-19-28,26(31)32)20-25(30)29(23-8-4-2-5-9-23)24-10-6-3-7-11-24/h2,4-5,8-9,12-15,24H,3,6-7,10-11,16-20H2,1H3,(H,31,32). The molecule has 1 aliphatic carbocycles. The van der Waals surface area contributed by atoms with Gasteiger partial charge in [-0.1, -0.05) is 55.2 Å². The van der Waals surface area contributed by atoms with Crippen LogP contribution in [0.25, 0.3) is 0 Å². The predicted octanol–water partition coefficient (Wildman–Crippen LogP) is 5.42. The van der Waals surface area contributed by atoms with Crippen LogP contribution in [0, 0.1) is 12.3 Å². The van der Waals surface area contributed by atoms with Crippen LogP contribution in [0.3, 0.4) is 0 Å². The summed E-state index contributed by atoms with van der Waals surface area (Å²) in [4.78, 5) is 30.3.